The molecule has 106 valence electrons. The molecule has 0 saturated carbocycles. The molecule has 0 radical (unpaired) electrons. The van der Waals surface area contributed by atoms with Gasteiger partial charge in [0.1, 0.15) is 17.4 Å². The van der Waals surface area contributed by atoms with Gasteiger partial charge in [0.25, 0.3) is 0 Å². The highest BCUT2D eigenvalue weighted by atomic mass is 16.5. The molecule has 0 bridgehead atoms. The first-order valence-electron chi connectivity index (χ1n) is 6.62. The molecule has 0 saturated heterocycles. The van der Waals surface area contributed by atoms with Crippen molar-refractivity contribution in [1.29, 1.82) is 0 Å². The predicted octanol–water partition coefficient (Wildman–Crippen LogP) is 1.97. The highest BCUT2D eigenvalue weighted by molar-refractivity contribution is 5.63. The quantitative estimate of drug-likeness (QED) is 0.921. The molecule has 0 amide bonds. The minimum atomic E-state index is 0.531. The minimum Gasteiger partial charge on any atom is -0.496 e. The van der Waals surface area contributed by atoms with Crippen LogP contribution in [0.15, 0.2) is 12.1 Å². The highest BCUT2D eigenvalue weighted by Crippen LogP contribution is 2.28. The van der Waals surface area contributed by atoms with Gasteiger partial charge in [0.05, 0.1) is 7.11 Å². The first-order chi connectivity index (χ1) is 9.55. The van der Waals surface area contributed by atoms with E-state index in [-0.39, 0.29) is 0 Å². The van der Waals surface area contributed by atoms with Crippen molar-refractivity contribution in [2.45, 2.75) is 27.2 Å². The van der Waals surface area contributed by atoms with Gasteiger partial charge in [-0.2, -0.15) is 0 Å². The van der Waals surface area contributed by atoms with E-state index >= 15 is 0 Å². The van der Waals surface area contributed by atoms with E-state index in [0.717, 1.165) is 28.3 Å². The van der Waals surface area contributed by atoms with Crippen LogP contribution in [-0.2, 0) is 6.42 Å². The summed E-state index contributed by atoms with van der Waals surface area (Å²) in [5.74, 6) is 3.03. The number of nitrogens with zero attached hydrogens (tertiary/aromatic N) is 3. The van der Waals surface area contributed by atoms with Crippen LogP contribution in [-0.4, -0.2) is 28.6 Å². The Balaban J connectivity index is 2.53. The van der Waals surface area contributed by atoms with Crippen LogP contribution in [0.25, 0.3) is 11.4 Å². The van der Waals surface area contributed by atoms with Gasteiger partial charge >= 0.3 is 0 Å². The second kappa shape index (κ2) is 5.96. The number of methoxy groups -OCH3 is 1. The topological polar surface area (TPSA) is 73.9 Å². The Labute approximate surface area is 119 Å². The molecule has 20 heavy (non-hydrogen) atoms. The molecular weight excluding hydrogens is 252 g/mol. The summed E-state index contributed by atoms with van der Waals surface area (Å²) in [6.45, 7) is 6.44. The molecule has 1 aromatic heterocycles. The van der Waals surface area contributed by atoms with Crippen molar-refractivity contribution in [2.75, 3.05) is 13.7 Å². The fourth-order valence-electron chi connectivity index (χ4n) is 2.15. The van der Waals surface area contributed by atoms with Crippen LogP contribution >= 0.6 is 0 Å². The average Bonchev–Trinajstić information content (AvgIpc) is 2.40. The Morgan fingerprint density at radius 1 is 1.05 bits per heavy atom. The van der Waals surface area contributed by atoms with Crippen LogP contribution in [0.1, 0.15) is 22.8 Å². The van der Waals surface area contributed by atoms with Gasteiger partial charge in [0.2, 0.25) is 0 Å². The van der Waals surface area contributed by atoms with E-state index < -0.39 is 0 Å². The third-order valence-electron chi connectivity index (χ3n) is 3.14. The van der Waals surface area contributed by atoms with Gasteiger partial charge in [-0.15, -0.1) is 0 Å². The average molecular weight is 272 g/mol. The minimum absolute atomic E-state index is 0.531. The maximum Gasteiger partial charge on any atom is 0.163 e. The fourth-order valence-corrected chi connectivity index (χ4v) is 2.15. The van der Waals surface area contributed by atoms with Crippen LogP contribution in [0.3, 0.4) is 0 Å². The second-order valence-electron chi connectivity index (χ2n) is 4.80. The van der Waals surface area contributed by atoms with E-state index in [0.29, 0.717) is 24.6 Å². The summed E-state index contributed by atoms with van der Waals surface area (Å²) >= 11 is 0. The molecule has 0 unspecified atom stereocenters. The Morgan fingerprint density at radius 2 is 1.80 bits per heavy atom. The highest BCUT2D eigenvalue weighted by Gasteiger charge is 2.11. The summed E-state index contributed by atoms with van der Waals surface area (Å²) in [4.78, 5) is 13.3. The molecule has 1 heterocycles. The van der Waals surface area contributed by atoms with Gasteiger partial charge in [-0.25, -0.2) is 15.0 Å². The lowest BCUT2D eigenvalue weighted by molar-refractivity contribution is 0.411. The van der Waals surface area contributed by atoms with E-state index in [2.05, 4.69) is 21.0 Å². The molecule has 1 aromatic carbocycles. The van der Waals surface area contributed by atoms with E-state index in [1.54, 1.807) is 7.11 Å². The van der Waals surface area contributed by atoms with Crippen LogP contribution in [0.2, 0.25) is 0 Å². The molecule has 2 rings (SSSR count). The summed E-state index contributed by atoms with van der Waals surface area (Å²) in [6.07, 6.45) is 0.657. The zero-order chi connectivity index (χ0) is 14.7. The molecule has 0 aliphatic heterocycles. The number of ether oxygens (including phenoxy) is 1. The molecule has 0 aliphatic rings. The zero-order valence-corrected chi connectivity index (χ0v) is 12.4. The van der Waals surface area contributed by atoms with E-state index in [1.165, 1.54) is 0 Å². The molecule has 0 atom stereocenters. The fraction of sp³-hybridized carbons (Fsp3) is 0.400. The summed E-state index contributed by atoms with van der Waals surface area (Å²) in [5.41, 5.74) is 8.72. The summed E-state index contributed by atoms with van der Waals surface area (Å²) in [7, 11) is 1.67. The molecule has 0 fully saturated rings. The molecule has 2 aromatic rings. The Bertz CT molecular complexity index is 626. The van der Waals surface area contributed by atoms with E-state index in [4.69, 9.17) is 10.5 Å². The molecule has 0 spiro atoms. The Morgan fingerprint density at radius 3 is 2.45 bits per heavy atom. The SMILES string of the molecule is COc1cc(C)c(-c2nc(C)nc(CCN)n2)cc1C. The second-order valence-corrected chi connectivity index (χ2v) is 4.80. The Kier molecular flexibility index (Phi) is 4.29. The number of aryl methyl sites for hydroxylation is 3. The van der Waals surface area contributed by atoms with Crippen molar-refractivity contribution in [2.24, 2.45) is 5.73 Å². The monoisotopic (exact) mass is 272 g/mol. The predicted molar refractivity (Wildman–Crippen MR) is 78.8 cm³/mol. The third-order valence-corrected chi connectivity index (χ3v) is 3.14. The van der Waals surface area contributed by atoms with Crippen molar-refractivity contribution in [3.8, 4) is 17.1 Å². The van der Waals surface area contributed by atoms with Crippen LogP contribution in [0, 0.1) is 20.8 Å². The molecule has 5 heteroatoms. The van der Waals surface area contributed by atoms with Crippen molar-refractivity contribution in [3.05, 3.63) is 34.9 Å². The van der Waals surface area contributed by atoms with Crippen molar-refractivity contribution in [1.82, 2.24) is 15.0 Å². The van der Waals surface area contributed by atoms with Gasteiger partial charge in [-0.05, 0) is 50.6 Å². The van der Waals surface area contributed by atoms with Crippen LogP contribution < -0.4 is 10.5 Å². The summed E-state index contributed by atoms with van der Waals surface area (Å²) in [6, 6.07) is 4.06. The first kappa shape index (κ1) is 14.4. The normalized spacial score (nSPS) is 10.7. The summed E-state index contributed by atoms with van der Waals surface area (Å²) in [5, 5.41) is 0. The molecule has 0 aliphatic carbocycles. The lowest BCUT2D eigenvalue weighted by Crippen LogP contribution is -2.09. The summed E-state index contributed by atoms with van der Waals surface area (Å²) < 4.78 is 5.33. The van der Waals surface area contributed by atoms with Crippen LogP contribution in [0.5, 0.6) is 5.75 Å². The van der Waals surface area contributed by atoms with Gasteiger partial charge in [0, 0.05) is 12.0 Å². The van der Waals surface area contributed by atoms with Crippen molar-refractivity contribution >= 4 is 0 Å². The molecule has 5 nitrogen and oxygen atoms in total. The smallest absolute Gasteiger partial charge is 0.163 e. The standard InChI is InChI=1S/C15H20N4O/c1-9-8-13(20-4)10(2)7-12(9)15-18-11(3)17-14(19-15)5-6-16/h7-8H,5-6,16H2,1-4H3. The number of nitrogens with two attached hydrogens (primary N) is 1. The largest absolute Gasteiger partial charge is 0.496 e. The Hall–Kier alpha value is -2.01. The maximum atomic E-state index is 5.57. The van der Waals surface area contributed by atoms with Gasteiger partial charge in [-0.3, -0.25) is 0 Å². The van der Waals surface area contributed by atoms with Crippen LogP contribution in [0.4, 0.5) is 0 Å². The lowest BCUT2D eigenvalue weighted by atomic mass is 10.0. The number of benzene rings is 1. The molecular formula is C15H20N4O. The number of hydrogen-bond acceptors (Lipinski definition) is 5. The number of hydrogen-bond donors (Lipinski definition) is 1. The zero-order valence-electron chi connectivity index (χ0n) is 12.4. The van der Waals surface area contributed by atoms with Gasteiger partial charge < -0.3 is 10.5 Å². The molecule has 2 N–H and O–H groups in total. The first-order valence-corrected chi connectivity index (χ1v) is 6.62. The van der Waals surface area contributed by atoms with E-state index in [1.807, 2.05) is 26.8 Å². The maximum absolute atomic E-state index is 5.57. The van der Waals surface area contributed by atoms with E-state index in [9.17, 15) is 0 Å². The van der Waals surface area contributed by atoms with Gasteiger partial charge in [-0.1, -0.05) is 0 Å². The third kappa shape index (κ3) is 2.93. The number of rotatable bonds is 4. The van der Waals surface area contributed by atoms with Gasteiger partial charge in [0.15, 0.2) is 5.82 Å². The lowest BCUT2D eigenvalue weighted by Gasteiger charge is -2.11. The van der Waals surface area contributed by atoms with Crippen molar-refractivity contribution < 1.29 is 4.74 Å². The van der Waals surface area contributed by atoms with Crippen molar-refractivity contribution in [3.63, 3.8) is 0 Å². The number of aromatic nitrogens is 3.